The first-order valence-electron chi connectivity index (χ1n) is 7.31. The Morgan fingerprint density at radius 3 is 2.71 bits per heavy atom. The normalized spacial score (nSPS) is 17.2. The standard InChI is InChI=1S/C15H20N4O2/c1-10-16-14(7-15(20)17-10)12-3-5-19(6-4-12)8-13-9-21-11(2)18-13/h7,9,12H,3-6,8H2,1-2H3,(H,16,17,20). The van der Waals surface area contributed by atoms with Crippen LogP contribution < -0.4 is 5.56 Å². The summed E-state index contributed by atoms with van der Waals surface area (Å²) in [6.07, 6.45) is 3.77. The third-order valence-corrected chi connectivity index (χ3v) is 3.94. The summed E-state index contributed by atoms with van der Waals surface area (Å²) in [5, 5.41) is 0. The molecule has 3 heterocycles. The molecule has 0 atom stereocenters. The van der Waals surface area contributed by atoms with Crippen LogP contribution in [0.1, 0.15) is 41.9 Å². The van der Waals surface area contributed by atoms with Crippen molar-refractivity contribution in [2.45, 2.75) is 39.2 Å². The Morgan fingerprint density at radius 1 is 1.33 bits per heavy atom. The van der Waals surface area contributed by atoms with Gasteiger partial charge in [0.2, 0.25) is 0 Å². The van der Waals surface area contributed by atoms with Gasteiger partial charge in [0, 0.05) is 25.5 Å². The molecule has 6 nitrogen and oxygen atoms in total. The molecular formula is C15H20N4O2. The molecular weight excluding hydrogens is 268 g/mol. The lowest BCUT2D eigenvalue weighted by atomic mass is 9.93. The Kier molecular flexibility index (Phi) is 3.88. The number of oxazole rings is 1. The van der Waals surface area contributed by atoms with Crippen LogP contribution in [0.3, 0.4) is 0 Å². The van der Waals surface area contributed by atoms with Gasteiger partial charge in [-0.05, 0) is 32.9 Å². The Hall–Kier alpha value is -1.95. The molecule has 2 aromatic heterocycles. The molecule has 3 rings (SSSR count). The molecule has 1 fully saturated rings. The number of H-pyrrole nitrogens is 1. The van der Waals surface area contributed by atoms with Crippen LogP contribution >= 0.6 is 0 Å². The average Bonchev–Trinajstić information content (AvgIpc) is 2.84. The number of aromatic amines is 1. The summed E-state index contributed by atoms with van der Waals surface area (Å²) in [6, 6.07) is 1.63. The Labute approximate surface area is 123 Å². The molecule has 0 aliphatic carbocycles. The smallest absolute Gasteiger partial charge is 0.251 e. The molecule has 0 amide bonds. The summed E-state index contributed by atoms with van der Waals surface area (Å²) in [5.74, 6) is 1.78. The van der Waals surface area contributed by atoms with Crippen LogP contribution in [0.25, 0.3) is 0 Å². The largest absolute Gasteiger partial charge is 0.449 e. The van der Waals surface area contributed by atoms with Gasteiger partial charge < -0.3 is 9.40 Å². The number of aromatic nitrogens is 3. The highest BCUT2D eigenvalue weighted by Crippen LogP contribution is 2.26. The van der Waals surface area contributed by atoms with Gasteiger partial charge in [0.25, 0.3) is 5.56 Å². The van der Waals surface area contributed by atoms with Gasteiger partial charge in [0.1, 0.15) is 12.1 Å². The van der Waals surface area contributed by atoms with Crippen LogP contribution in [-0.2, 0) is 6.54 Å². The monoisotopic (exact) mass is 288 g/mol. The van der Waals surface area contributed by atoms with Gasteiger partial charge in [-0.25, -0.2) is 9.97 Å². The summed E-state index contributed by atoms with van der Waals surface area (Å²) in [6.45, 7) is 6.49. The number of hydrogen-bond donors (Lipinski definition) is 1. The van der Waals surface area contributed by atoms with Gasteiger partial charge >= 0.3 is 0 Å². The molecule has 0 unspecified atom stereocenters. The van der Waals surface area contributed by atoms with Crippen molar-refractivity contribution in [1.29, 1.82) is 0 Å². The molecule has 21 heavy (non-hydrogen) atoms. The zero-order valence-corrected chi connectivity index (χ0v) is 12.4. The lowest BCUT2D eigenvalue weighted by molar-refractivity contribution is 0.201. The van der Waals surface area contributed by atoms with E-state index in [1.165, 1.54) is 0 Å². The Balaban J connectivity index is 1.61. The predicted molar refractivity (Wildman–Crippen MR) is 78.1 cm³/mol. The third-order valence-electron chi connectivity index (χ3n) is 3.94. The molecule has 2 aromatic rings. The number of hydrogen-bond acceptors (Lipinski definition) is 5. The zero-order chi connectivity index (χ0) is 14.8. The minimum Gasteiger partial charge on any atom is -0.449 e. The SMILES string of the molecule is Cc1nc(C2CCN(Cc3coc(C)n3)CC2)cc(=O)[nH]1. The Morgan fingerprint density at radius 2 is 2.10 bits per heavy atom. The molecule has 0 saturated carbocycles. The highest BCUT2D eigenvalue weighted by Gasteiger charge is 2.22. The summed E-state index contributed by atoms with van der Waals surface area (Å²) in [4.78, 5) is 25.4. The minimum atomic E-state index is -0.0574. The van der Waals surface area contributed by atoms with Crippen LogP contribution in [0, 0.1) is 13.8 Å². The van der Waals surface area contributed by atoms with Crippen molar-refractivity contribution in [2.75, 3.05) is 13.1 Å². The van der Waals surface area contributed by atoms with Crippen molar-refractivity contribution in [2.24, 2.45) is 0 Å². The van der Waals surface area contributed by atoms with Crippen molar-refractivity contribution < 1.29 is 4.42 Å². The molecule has 1 saturated heterocycles. The van der Waals surface area contributed by atoms with Gasteiger partial charge in [0.15, 0.2) is 5.89 Å². The molecule has 1 N–H and O–H groups in total. The maximum absolute atomic E-state index is 11.5. The third kappa shape index (κ3) is 3.39. The molecule has 0 bridgehead atoms. The van der Waals surface area contributed by atoms with Crippen LogP contribution in [0.5, 0.6) is 0 Å². The van der Waals surface area contributed by atoms with E-state index >= 15 is 0 Å². The number of nitrogens with one attached hydrogen (secondary N) is 1. The average molecular weight is 288 g/mol. The Bertz CT molecular complexity index is 668. The molecule has 6 heteroatoms. The van der Waals surface area contributed by atoms with Crippen LogP contribution in [0.4, 0.5) is 0 Å². The quantitative estimate of drug-likeness (QED) is 0.931. The second-order valence-corrected chi connectivity index (χ2v) is 5.66. The molecule has 1 aliphatic heterocycles. The van der Waals surface area contributed by atoms with E-state index in [4.69, 9.17) is 4.42 Å². The maximum Gasteiger partial charge on any atom is 0.251 e. The van der Waals surface area contributed by atoms with Crippen molar-refractivity contribution >= 4 is 0 Å². The zero-order valence-electron chi connectivity index (χ0n) is 12.4. The van der Waals surface area contributed by atoms with Crippen LogP contribution in [0.15, 0.2) is 21.5 Å². The van der Waals surface area contributed by atoms with Crippen LogP contribution in [-0.4, -0.2) is 32.9 Å². The first kappa shape index (κ1) is 14.0. The van der Waals surface area contributed by atoms with Gasteiger partial charge in [0.05, 0.1) is 11.4 Å². The van der Waals surface area contributed by atoms with Gasteiger partial charge in [-0.15, -0.1) is 0 Å². The van der Waals surface area contributed by atoms with Gasteiger partial charge in [-0.3, -0.25) is 9.69 Å². The van der Waals surface area contributed by atoms with E-state index in [1.54, 1.807) is 12.3 Å². The molecule has 0 spiro atoms. The van der Waals surface area contributed by atoms with Crippen molar-refractivity contribution in [1.82, 2.24) is 19.9 Å². The predicted octanol–water partition coefficient (Wildman–Crippen LogP) is 1.75. The van der Waals surface area contributed by atoms with E-state index in [-0.39, 0.29) is 5.56 Å². The fraction of sp³-hybridized carbons (Fsp3) is 0.533. The van der Waals surface area contributed by atoms with Crippen molar-refractivity contribution in [3.8, 4) is 0 Å². The number of piperidine rings is 1. The number of nitrogens with zero attached hydrogens (tertiary/aromatic N) is 3. The second kappa shape index (κ2) is 5.81. The highest BCUT2D eigenvalue weighted by atomic mass is 16.3. The second-order valence-electron chi connectivity index (χ2n) is 5.66. The number of rotatable bonds is 3. The van der Waals surface area contributed by atoms with Crippen molar-refractivity contribution in [3.05, 3.63) is 45.8 Å². The summed E-state index contributed by atoms with van der Waals surface area (Å²) < 4.78 is 5.24. The van der Waals surface area contributed by atoms with Gasteiger partial charge in [-0.1, -0.05) is 0 Å². The summed E-state index contributed by atoms with van der Waals surface area (Å²) >= 11 is 0. The first-order valence-corrected chi connectivity index (χ1v) is 7.31. The summed E-state index contributed by atoms with van der Waals surface area (Å²) in [7, 11) is 0. The molecule has 112 valence electrons. The molecule has 0 radical (unpaired) electrons. The first-order chi connectivity index (χ1) is 10.1. The highest BCUT2D eigenvalue weighted by molar-refractivity contribution is 5.10. The fourth-order valence-corrected chi connectivity index (χ4v) is 2.91. The fourth-order valence-electron chi connectivity index (χ4n) is 2.91. The minimum absolute atomic E-state index is 0.0574. The van der Waals surface area contributed by atoms with Crippen molar-refractivity contribution in [3.63, 3.8) is 0 Å². The van der Waals surface area contributed by atoms with E-state index in [0.717, 1.165) is 43.9 Å². The van der Waals surface area contributed by atoms with E-state index in [9.17, 15) is 4.79 Å². The lowest BCUT2D eigenvalue weighted by Crippen LogP contribution is -2.33. The van der Waals surface area contributed by atoms with E-state index in [1.807, 2.05) is 13.8 Å². The lowest BCUT2D eigenvalue weighted by Gasteiger charge is -2.31. The number of likely N-dealkylation sites (tertiary alicyclic amines) is 1. The number of aryl methyl sites for hydroxylation is 2. The summed E-state index contributed by atoms with van der Waals surface area (Å²) in [5.41, 5.74) is 1.85. The van der Waals surface area contributed by atoms with Gasteiger partial charge in [-0.2, -0.15) is 0 Å². The molecule has 0 aromatic carbocycles. The topological polar surface area (TPSA) is 75.0 Å². The molecule has 1 aliphatic rings. The van der Waals surface area contributed by atoms with E-state index < -0.39 is 0 Å². The van der Waals surface area contributed by atoms with E-state index in [0.29, 0.717) is 17.6 Å². The van der Waals surface area contributed by atoms with Crippen LogP contribution in [0.2, 0.25) is 0 Å². The van der Waals surface area contributed by atoms with E-state index in [2.05, 4.69) is 19.9 Å². The maximum atomic E-state index is 11.5.